The number of anilines is 1. The largest absolute Gasteiger partial charge is 0.326 e. The van der Waals surface area contributed by atoms with Crippen molar-refractivity contribution in [3.63, 3.8) is 0 Å². The minimum Gasteiger partial charge on any atom is -0.326 e. The van der Waals surface area contributed by atoms with Crippen LogP contribution in [0.2, 0.25) is 5.02 Å². The number of benzene rings is 1. The second kappa shape index (κ2) is 6.14. The highest BCUT2D eigenvalue weighted by atomic mass is 35.6. The minimum absolute atomic E-state index is 0.138. The monoisotopic (exact) mass is 313 g/mol. The van der Waals surface area contributed by atoms with Crippen LogP contribution in [-0.4, -0.2) is 9.70 Å². The molecule has 0 fully saturated rings. The van der Waals surface area contributed by atoms with E-state index in [1.165, 1.54) is 0 Å². The zero-order valence-corrected chi connectivity index (χ0v) is 12.0. The van der Waals surface area contributed by atoms with Crippen molar-refractivity contribution >= 4 is 58.0 Å². The predicted octanol–water partition coefficient (Wildman–Crippen LogP) is 4.67. The lowest BCUT2D eigenvalue weighted by Crippen LogP contribution is -2.23. The maximum absolute atomic E-state index is 11.6. The van der Waals surface area contributed by atoms with Crippen LogP contribution in [0.5, 0.6) is 0 Å². The Bertz CT molecular complexity index is 385. The summed E-state index contributed by atoms with van der Waals surface area (Å²) in [6.45, 7) is 1.70. The first-order valence-corrected chi connectivity index (χ1v) is 6.42. The number of nitrogens with one attached hydrogen (secondary N) is 1. The Morgan fingerprint density at radius 3 is 2.29 bits per heavy atom. The van der Waals surface area contributed by atoms with Gasteiger partial charge >= 0.3 is 0 Å². The summed E-state index contributed by atoms with van der Waals surface area (Å²) in [5.41, 5.74) is 0.663. The Balaban J connectivity index is 2.53. The number of halogens is 4. The molecule has 1 aromatic carbocycles. The van der Waals surface area contributed by atoms with Crippen molar-refractivity contribution in [1.82, 2.24) is 0 Å². The summed E-state index contributed by atoms with van der Waals surface area (Å²) in [5.74, 6) is -0.564. The molecule has 1 rings (SSSR count). The molecule has 2 nitrogen and oxygen atoms in total. The average Bonchev–Trinajstić information content (AvgIpc) is 2.20. The number of amides is 1. The highest BCUT2D eigenvalue weighted by Gasteiger charge is 2.30. The van der Waals surface area contributed by atoms with Crippen LogP contribution < -0.4 is 5.32 Å². The van der Waals surface area contributed by atoms with Gasteiger partial charge in [-0.1, -0.05) is 53.3 Å². The predicted molar refractivity (Wildman–Crippen MR) is 74.2 cm³/mol. The number of carbonyl (C=O) groups is 1. The molecule has 0 bridgehead atoms. The number of hydrogen-bond acceptors (Lipinski definition) is 1. The van der Waals surface area contributed by atoms with Crippen LogP contribution in [0.3, 0.4) is 0 Å². The summed E-state index contributed by atoms with van der Waals surface area (Å²) >= 11 is 22.8. The first-order valence-electron chi connectivity index (χ1n) is 4.91. The topological polar surface area (TPSA) is 29.1 Å². The van der Waals surface area contributed by atoms with Crippen molar-refractivity contribution in [1.29, 1.82) is 0 Å². The van der Waals surface area contributed by atoms with Crippen molar-refractivity contribution in [2.45, 2.75) is 17.1 Å². The zero-order chi connectivity index (χ0) is 13.1. The number of hydrogen-bond donors (Lipinski definition) is 1. The Hall–Kier alpha value is -0.150. The molecule has 1 amide bonds. The van der Waals surface area contributed by atoms with Gasteiger partial charge < -0.3 is 5.32 Å². The van der Waals surface area contributed by atoms with E-state index in [4.69, 9.17) is 46.4 Å². The van der Waals surface area contributed by atoms with E-state index < -0.39 is 3.79 Å². The van der Waals surface area contributed by atoms with Gasteiger partial charge in [-0.05, 0) is 24.3 Å². The highest BCUT2D eigenvalue weighted by Crippen LogP contribution is 2.36. The van der Waals surface area contributed by atoms with Gasteiger partial charge in [-0.2, -0.15) is 0 Å². The van der Waals surface area contributed by atoms with Gasteiger partial charge in [0, 0.05) is 23.0 Å². The van der Waals surface area contributed by atoms with Crippen LogP contribution in [0.4, 0.5) is 5.69 Å². The smallest absolute Gasteiger partial charge is 0.224 e. The second-order valence-corrected chi connectivity index (χ2v) is 6.51. The molecule has 0 aliphatic heterocycles. The maximum atomic E-state index is 11.6. The van der Waals surface area contributed by atoms with Crippen LogP contribution in [0.15, 0.2) is 24.3 Å². The third kappa shape index (κ3) is 5.35. The third-order valence-corrected chi connectivity index (χ3v) is 3.55. The molecule has 0 radical (unpaired) electrons. The molecule has 0 aliphatic carbocycles. The first kappa shape index (κ1) is 14.9. The van der Waals surface area contributed by atoms with E-state index >= 15 is 0 Å². The molecular formula is C11H11Cl4NO. The van der Waals surface area contributed by atoms with Crippen LogP contribution >= 0.6 is 46.4 Å². The Morgan fingerprint density at radius 1 is 1.29 bits per heavy atom. The molecule has 0 saturated carbocycles. The molecule has 6 heteroatoms. The molecule has 94 valence electrons. The van der Waals surface area contributed by atoms with E-state index in [0.29, 0.717) is 10.7 Å². The second-order valence-electron chi connectivity index (χ2n) is 3.70. The Labute approximate surface area is 120 Å². The van der Waals surface area contributed by atoms with E-state index in [0.717, 1.165) is 0 Å². The molecule has 0 heterocycles. The van der Waals surface area contributed by atoms with Crippen molar-refractivity contribution in [2.75, 3.05) is 5.32 Å². The fourth-order valence-corrected chi connectivity index (χ4v) is 1.50. The third-order valence-electron chi connectivity index (χ3n) is 2.18. The van der Waals surface area contributed by atoms with Gasteiger partial charge in [-0.15, -0.1) is 0 Å². The minimum atomic E-state index is -1.43. The van der Waals surface area contributed by atoms with Gasteiger partial charge in [0.05, 0.1) is 0 Å². The maximum Gasteiger partial charge on any atom is 0.224 e. The molecule has 0 saturated heterocycles. The summed E-state index contributed by atoms with van der Waals surface area (Å²) in [6, 6.07) is 6.80. The summed E-state index contributed by atoms with van der Waals surface area (Å²) in [5, 5.41) is 3.31. The Kier molecular flexibility index (Phi) is 5.39. The fourth-order valence-electron chi connectivity index (χ4n) is 1.14. The van der Waals surface area contributed by atoms with Crippen LogP contribution in [0.1, 0.15) is 13.3 Å². The zero-order valence-electron chi connectivity index (χ0n) is 9.01. The Morgan fingerprint density at radius 2 is 1.82 bits per heavy atom. The van der Waals surface area contributed by atoms with Crippen molar-refractivity contribution < 1.29 is 4.79 Å². The summed E-state index contributed by atoms with van der Waals surface area (Å²) < 4.78 is -1.43. The molecule has 1 atom stereocenters. The molecule has 0 aliphatic rings. The average molecular weight is 315 g/mol. The van der Waals surface area contributed by atoms with Crippen molar-refractivity contribution in [3.05, 3.63) is 29.3 Å². The van der Waals surface area contributed by atoms with E-state index in [-0.39, 0.29) is 18.2 Å². The molecule has 0 spiro atoms. The number of carbonyl (C=O) groups excluding carboxylic acids is 1. The van der Waals surface area contributed by atoms with E-state index in [9.17, 15) is 4.79 Å². The lowest BCUT2D eigenvalue weighted by atomic mass is 10.1. The fraction of sp³-hybridized carbons (Fsp3) is 0.364. The van der Waals surface area contributed by atoms with Gasteiger partial charge in [-0.25, -0.2) is 0 Å². The van der Waals surface area contributed by atoms with Gasteiger partial charge in [-0.3, -0.25) is 4.79 Å². The summed E-state index contributed by atoms with van der Waals surface area (Å²) in [6.07, 6.45) is 0.138. The normalized spacial score (nSPS) is 13.2. The van der Waals surface area contributed by atoms with Gasteiger partial charge in [0.2, 0.25) is 5.91 Å². The van der Waals surface area contributed by atoms with Crippen molar-refractivity contribution in [2.24, 2.45) is 5.92 Å². The van der Waals surface area contributed by atoms with E-state index in [2.05, 4.69) is 5.32 Å². The van der Waals surface area contributed by atoms with E-state index in [1.54, 1.807) is 31.2 Å². The molecule has 0 aromatic heterocycles. The summed E-state index contributed by atoms with van der Waals surface area (Å²) in [4.78, 5) is 11.6. The van der Waals surface area contributed by atoms with Crippen molar-refractivity contribution in [3.8, 4) is 0 Å². The quantitative estimate of drug-likeness (QED) is 0.807. The van der Waals surface area contributed by atoms with Crippen LogP contribution in [0.25, 0.3) is 0 Å². The number of alkyl halides is 3. The lowest BCUT2D eigenvalue weighted by molar-refractivity contribution is -0.116. The highest BCUT2D eigenvalue weighted by molar-refractivity contribution is 6.67. The first-order chi connectivity index (χ1) is 7.79. The molecular weight excluding hydrogens is 304 g/mol. The van der Waals surface area contributed by atoms with Gasteiger partial charge in [0.15, 0.2) is 3.79 Å². The van der Waals surface area contributed by atoms with Crippen LogP contribution in [-0.2, 0) is 4.79 Å². The SMILES string of the molecule is C[C@H](CC(=O)Nc1ccc(Cl)cc1)C(Cl)(Cl)Cl. The molecule has 0 unspecified atom stereocenters. The lowest BCUT2D eigenvalue weighted by Gasteiger charge is -2.19. The standard InChI is InChI=1S/C11H11Cl4NO/c1-7(11(13,14)15)6-10(17)16-9-4-2-8(12)3-5-9/h2-5,7H,6H2,1H3,(H,16,17)/t7-/m1/s1. The molecule has 1 N–H and O–H groups in total. The van der Waals surface area contributed by atoms with Crippen LogP contribution in [0, 0.1) is 5.92 Å². The number of rotatable bonds is 3. The van der Waals surface area contributed by atoms with E-state index in [1.807, 2.05) is 0 Å². The van der Waals surface area contributed by atoms with Gasteiger partial charge in [0.1, 0.15) is 0 Å². The molecule has 1 aromatic rings. The molecule has 17 heavy (non-hydrogen) atoms. The van der Waals surface area contributed by atoms with Gasteiger partial charge in [0.25, 0.3) is 0 Å². The summed E-state index contributed by atoms with van der Waals surface area (Å²) in [7, 11) is 0.